The number of rotatable bonds is 3. The van der Waals surface area contributed by atoms with E-state index in [1.807, 2.05) is 12.1 Å². The fraction of sp³-hybridized carbons (Fsp3) is 0. The molecule has 0 amide bonds. The first-order chi connectivity index (χ1) is 8.65. The van der Waals surface area contributed by atoms with Gasteiger partial charge in [-0.15, -0.1) is 0 Å². The fourth-order valence-electron chi connectivity index (χ4n) is 1.53. The maximum atomic E-state index is 11.9. The molecule has 86 valence electrons. The number of hydrogen-bond acceptors (Lipinski definition) is 1. The lowest BCUT2D eigenvalue weighted by molar-refractivity contribution is 0.104. The van der Waals surface area contributed by atoms with E-state index in [1.54, 1.807) is 42.5 Å². The van der Waals surface area contributed by atoms with Crippen LogP contribution in [0.5, 0.6) is 0 Å². The topological polar surface area (TPSA) is 17.1 Å². The average molecular weight is 253 g/mol. The van der Waals surface area contributed by atoms with E-state index in [1.165, 1.54) is 6.08 Å². The standard InChI is InChI=1S/C15H10BClO/c16-13-7-5-12(6-8-13)15(18)9-4-11-2-1-3-14(17)10-11/h1-10H/b9-4+. The van der Waals surface area contributed by atoms with Crippen molar-refractivity contribution >= 4 is 36.8 Å². The molecule has 0 saturated carbocycles. The molecule has 18 heavy (non-hydrogen) atoms. The van der Waals surface area contributed by atoms with Gasteiger partial charge in [0.15, 0.2) is 5.78 Å². The van der Waals surface area contributed by atoms with Crippen LogP contribution in [0.4, 0.5) is 0 Å². The second-order valence-corrected chi connectivity index (χ2v) is 4.31. The van der Waals surface area contributed by atoms with Crippen molar-refractivity contribution in [2.45, 2.75) is 0 Å². The predicted octanol–water partition coefficient (Wildman–Crippen LogP) is 3.03. The van der Waals surface area contributed by atoms with Gasteiger partial charge in [0, 0.05) is 10.6 Å². The average Bonchev–Trinajstić information content (AvgIpc) is 2.37. The lowest BCUT2D eigenvalue weighted by Gasteiger charge is -1.97. The number of allylic oxidation sites excluding steroid dienone is 1. The lowest BCUT2D eigenvalue weighted by atomic mass is 9.94. The van der Waals surface area contributed by atoms with Gasteiger partial charge in [-0.2, -0.15) is 0 Å². The molecule has 2 aromatic carbocycles. The SMILES string of the molecule is [B]c1ccc(C(=O)/C=C/c2cccc(Cl)c2)cc1. The van der Waals surface area contributed by atoms with Gasteiger partial charge in [0.1, 0.15) is 7.85 Å². The third kappa shape index (κ3) is 3.35. The number of benzene rings is 2. The van der Waals surface area contributed by atoms with Gasteiger partial charge in [-0.1, -0.05) is 59.5 Å². The van der Waals surface area contributed by atoms with Gasteiger partial charge in [0.05, 0.1) is 0 Å². The summed E-state index contributed by atoms with van der Waals surface area (Å²) in [6, 6.07) is 14.2. The van der Waals surface area contributed by atoms with Gasteiger partial charge in [0.2, 0.25) is 0 Å². The molecule has 0 unspecified atom stereocenters. The second kappa shape index (κ2) is 5.70. The van der Waals surface area contributed by atoms with Crippen LogP contribution in [-0.4, -0.2) is 13.6 Å². The zero-order valence-corrected chi connectivity index (χ0v) is 10.4. The van der Waals surface area contributed by atoms with Gasteiger partial charge in [-0.05, 0) is 23.8 Å². The van der Waals surface area contributed by atoms with Gasteiger partial charge in [-0.3, -0.25) is 4.79 Å². The van der Waals surface area contributed by atoms with E-state index in [0.29, 0.717) is 16.0 Å². The van der Waals surface area contributed by atoms with Crippen molar-refractivity contribution in [1.29, 1.82) is 0 Å². The van der Waals surface area contributed by atoms with Crippen LogP contribution in [0.1, 0.15) is 15.9 Å². The third-order valence-corrected chi connectivity index (χ3v) is 2.71. The smallest absolute Gasteiger partial charge is 0.185 e. The van der Waals surface area contributed by atoms with Crippen LogP contribution in [0, 0.1) is 0 Å². The van der Waals surface area contributed by atoms with E-state index < -0.39 is 0 Å². The summed E-state index contributed by atoms with van der Waals surface area (Å²) in [6.07, 6.45) is 3.27. The largest absolute Gasteiger partial charge is 0.289 e. The van der Waals surface area contributed by atoms with E-state index in [2.05, 4.69) is 0 Å². The van der Waals surface area contributed by atoms with E-state index in [0.717, 1.165) is 5.56 Å². The number of carbonyl (C=O) groups excluding carboxylic acids is 1. The Morgan fingerprint density at radius 1 is 1.11 bits per heavy atom. The molecule has 2 radical (unpaired) electrons. The van der Waals surface area contributed by atoms with Crippen LogP contribution in [0.3, 0.4) is 0 Å². The molecule has 1 nitrogen and oxygen atoms in total. The summed E-state index contributed by atoms with van der Waals surface area (Å²) in [5, 5.41) is 0.650. The molecule has 0 saturated heterocycles. The Kier molecular flexibility index (Phi) is 4.01. The van der Waals surface area contributed by atoms with Gasteiger partial charge < -0.3 is 0 Å². The van der Waals surface area contributed by atoms with E-state index in [4.69, 9.17) is 19.4 Å². The minimum atomic E-state index is -0.0602. The number of halogens is 1. The maximum Gasteiger partial charge on any atom is 0.185 e. The highest BCUT2D eigenvalue weighted by molar-refractivity contribution is 6.32. The number of carbonyl (C=O) groups is 1. The normalized spacial score (nSPS) is 10.7. The highest BCUT2D eigenvalue weighted by Gasteiger charge is 2.00. The van der Waals surface area contributed by atoms with Crippen LogP contribution < -0.4 is 5.46 Å². The number of ketones is 1. The van der Waals surface area contributed by atoms with Crippen molar-refractivity contribution in [2.75, 3.05) is 0 Å². The quantitative estimate of drug-likeness (QED) is 0.466. The molecule has 0 fully saturated rings. The van der Waals surface area contributed by atoms with E-state index >= 15 is 0 Å². The van der Waals surface area contributed by atoms with Crippen LogP contribution in [0.25, 0.3) is 6.08 Å². The van der Waals surface area contributed by atoms with E-state index in [-0.39, 0.29) is 5.78 Å². The monoisotopic (exact) mass is 252 g/mol. The predicted molar refractivity (Wildman–Crippen MR) is 76.6 cm³/mol. The summed E-state index contributed by atoms with van der Waals surface area (Å²) in [5.41, 5.74) is 2.15. The van der Waals surface area contributed by atoms with Gasteiger partial charge in [-0.25, -0.2) is 0 Å². The summed E-state index contributed by atoms with van der Waals surface area (Å²) >= 11 is 5.86. The summed E-state index contributed by atoms with van der Waals surface area (Å²) in [6.45, 7) is 0. The molecule has 0 aliphatic heterocycles. The molecular weight excluding hydrogens is 242 g/mol. The Morgan fingerprint density at radius 2 is 1.83 bits per heavy atom. The van der Waals surface area contributed by atoms with Gasteiger partial charge in [0.25, 0.3) is 0 Å². The Bertz CT molecular complexity index is 588. The van der Waals surface area contributed by atoms with Crippen molar-refractivity contribution < 1.29 is 4.79 Å². The van der Waals surface area contributed by atoms with Crippen LogP contribution in [0.2, 0.25) is 5.02 Å². The first-order valence-electron chi connectivity index (χ1n) is 5.49. The Labute approximate surface area is 113 Å². The number of hydrogen-bond donors (Lipinski definition) is 0. The second-order valence-electron chi connectivity index (χ2n) is 3.87. The maximum absolute atomic E-state index is 11.9. The lowest BCUT2D eigenvalue weighted by Crippen LogP contribution is -2.02. The van der Waals surface area contributed by atoms with Crippen molar-refractivity contribution in [3.63, 3.8) is 0 Å². The molecule has 0 aliphatic carbocycles. The minimum Gasteiger partial charge on any atom is -0.289 e. The molecule has 3 heteroatoms. The van der Waals surface area contributed by atoms with Crippen molar-refractivity contribution in [1.82, 2.24) is 0 Å². The highest BCUT2D eigenvalue weighted by Crippen LogP contribution is 2.12. The molecule has 2 aromatic rings. The summed E-state index contributed by atoms with van der Waals surface area (Å²) in [5.74, 6) is -0.0602. The highest BCUT2D eigenvalue weighted by atomic mass is 35.5. The summed E-state index contributed by atoms with van der Waals surface area (Å²) in [7, 11) is 5.56. The van der Waals surface area contributed by atoms with E-state index in [9.17, 15) is 4.79 Å². The Balaban J connectivity index is 2.14. The molecule has 0 aliphatic rings. The molecular formula is C15H10BClO. The van der Waals surface area contributed by atoms with Crippen LogP contribution in [-0.2, 0) is 0 Å². The molecule has 0 spiro atoms. The van der Waals surface area contributed by atoms with Crippen molar-refractivity contribution in [2.24, 2.45) is 0 Å². The first-order valence-corrected chi connectivity index (χ1v) is 5.86. The molecule has 0 heterocycles. The van der Waals surface area contributed by atoms with Crippen molar-refractivity contribution in [3.8, 4) is 0 Å². The molecule has 0 aromatic heterocycles. The molecule has 0 atom stereocenters. The van der Waals surface area contributed by atoms with Crippen LogP contribution >= 0.6 is 11.6 Å². The molecule has 0 bridgehead atoms. The summed E-state index contributed by atoms with van der Waals surface area (Å²) in [4.78, 5) is 11.9. The van der Waals surface area contributed by atoms with Gasteiger partial charge >= 0.3 is 0 Å². The molecule has 2 rings (SSSR count). The minimum absolute atomic E-state index is 0.0602. The zero-order valence-electron chi connectivity index (χ0n) is 9.64. The van der Waals surface area contributed by atoms with Crippen molar-refractivity contribution in [3.05, 3.63) is 70.8 Å². The third-order valence-electron chi connectivity index (χ3n) is 2.47. The zero-order chi connectivity index (χ0) is 13.0. The van der Waals surface area contributed by atoms with Crippen LogP contribution in [0.15, 0.2) is 54.6 Å². The summed E-state index contributed by atoms with van der Waals surface area (Å²) < 4.78 is 0. The fourth-order valence-corrected chi connectivity index (χ4v) is 1.72. The Hall–Kier alpha value is -1.80. The first kappa shape index (κ1) is 12.7. The Morgan fingerprint density at radius 3 is 2.50 bits per heavy atom. The molecule has 0 N–H and O–H groups in total.